The van der Waals surface area contributed by atoms with Gasteiger partial charge in [-0.2, -0.15) is 0 Å². The van der Waals surface area contributed by atoms with Gasteiger partial charge >= 0.3 is 5.97 Å². The fourth-order valence-corrected chi connectivity index (χ4v) is 2.35. The van der Waals surface area contributed by atoms with Crippen molar-refractivity contribution in [2.75, 3.05) is 11.9 Å². The van der Waals surface area contributed by atoms with Crippen LogP contribution in [0.1, 0.15) is 28.0 Å². The van der Waals surface area contributed by atoms with E-state index in [-0.39, 0.29) is 5.69 Å². The van der Waals surface area contributed by atoms with Gasteiger partial charge in [-0.05, 0) is 43.0 Å². The van der Waals surface area contributed by atoms with Gasteiger partial charge in [-0.15, -0.1) is 10.2 Å². The first-order valence-corrected chi connectivity index (χ1v) is 7.36. The van der Waals surface area contributed by atoms with Crippen LogP contribution in [0.4, 0.5) is 5.82 Å². The first kappa shape index (κ1) is 16.5. The van der Waals surface area contributed by atoms with Crippen LogP contribution in [0.3, 0.4) is 0 Å². The lowest BCUT2D eigenvalue weighted by atomic mass is 10.1. The summed E-state index contributed by atoms with van der Waals surface area (Å²) in [5, 5.41) is 20.2. The zero-order valence-electron chi connectivity index (χ0n) is 11.8. The summed E-state index contributed by atoms with van der Waals surface area (Å²) >= 11 is 12.0. The standard InChI is InChI=1S/C14H14Cl2N4O2/c1-8-9(13(16)20-19-12(8)15)4-3-7-17-11-6-2-5-10(18-11)14(21)22/h2,5-6H,3-4,7H2,1H3,(H,17,18)(H,21,22). The van der Waals surface area contributed by atoms with Gasteiger partial charge in [0, 0.05) is 6.54 Å². The normalized spacial score (nSPS) is 10.5. The van der Waals surface area contributed by atoms with E-state index in [2.05, 4.69) is 20.5 Å². The SMILES string of the molecule is Cc1c(Cl)nnc(Cl)c1CCCNc1cccc(C(=O)O)n1. The number of nitrogens with one attached hydrogen (secondary N) is 1. The van der Waals surface area contributed by atoms with Crippen LogP contribution >= 0.6 is 23.2 Å². The zero-order chi connectivity index (χ0) is 16.1. The molecule has 0 aromatic carbocycles. The van der Waals surface area contributed by atoms with E-state index < -0.39 is 5.97 Å². The van der Waals surface area contributed by atoms with E-state index in [0.717, 1.165) is 17.5 Å². The minimum absolute atomic E-state index is 0.00834. The number of nitrogens with zero attached hydrogens (tertiary/aromatic N) is 3. The van der Waals surface area contributed by atoms with Crippen LogP contribution in [0.5, 0.6) is 0 Å². The van der Waals surface area contributed by atoms with Gasteiger partial charge in [0.15, 0.2) is 16.0 Å². The van der Waals surface area contributed by atoms with E-state index >= 15 is 0 Å². The van der Waals surface area contributed by atoms with Crippen LogP contribution < -0.4 is 5.32 Å². The number of halogens is 2. The maximum atomic E-state index is 10.8. The monoisotopic (exact) mass is 340 g/mol. The Morgan fingerprint density at radius 2 is 2.00 bits per heavy atom. The number of carboxylic acid groups (broad SMARTS) is 1. The van der Waals surface area contributed by atoms with Crippen molar-refractivity contribution in [1.82, 2.24) is 15.2 Å². The third-order valence-corrected chi connectivity index (χ3v) is 3.78. The third-order valence-electron chi connectivity index (χ3n) is 3.11. The van der Waals surface area contributed by atoms with Crippen molar-refractivity contribution in [2.24, 2.45) is 0 Å². The maximum absolute atomic E-state index is 10.8. The number of anilines is 1. The van der Waals surface area contributed by atoms with Crippen molar-refractivity contribution >= 4 is 35.0 Å². The highest BCUT2D eigenvalue weighted by Crippen LogP contribution is 2.23. The number of carboxylic acids is 1. The van der Waals surface area contributed by atoms with Crippen molar-refractivity contribution < 1.29 is 9.90 Å². The number of hydrogen-bond donors (Lipinski definition) is 2. The van der Waals surface area contributed by atoms with Crippen LogP contribution in [-0.2, 0) is 6.42 Å². The molecule has 8 heteroatoms. The first-order valence-electron chi connectivity index (χ1n) is 6.60. The number of pyridine rings is 1. The molecule has 0 aliphatic carbocycles. The van der Waals surface area contributed by atoms with Gasteiger partial charge in [0.05, 0.1) is 0 Å². The average Bonchev–Trinajstić information content (AvgIpc) is 2.50. The molecule has 22 heavy (non-hydrogen) atoms. The zero-order valence-corrected chi connectivity index (χ0v) is 13.3. The summed E-state index contributed by atoms with van der Waals surface area (Å²) in [4.78, 5) is 14.8. The summed E-state index contributed by atoms with van der Waals surface area (Å²) in [5.41, 5.74) is 1.71. The predicted molar refractivity (Wildman–Crippen MR) is 84.8 cm³/mol. The lowest BCUT2D eigenvalue weighted by Crippen LogP contribution is -2.08. The first-order chi connectivity index (χ1) is 10.5. The molecule has 0 radical (unpaired) electrons. The minimum Gasteiger partial charge on any atom is -0.477 e. The van der Waals surface area contributed by atoms with Crippen LogP contribution in [0.2, 0.25) is 10.3 Å². The Labute approximate surface area is 137 Å². The molecule has 2 heterocycles. The van der Waals surface area contributed by atoms with Crippen molar-refractivity contribution in [3.8, 4) is 0 Å². The molecule has 2 rings (SSSR count). The van der Waals surface area contributed by atoms with Crippen LogP contribution in [0.15, 0.2) is 18.2 Å². The molecule has 116 valence electrons. The Kier molecular flexibility index (Phi) is 5.51. The molecule has 0 bridgehead atoms. The fourth-order valence-electron chi connectivity index (χ4n) is 1.93. The van der Waals surface area contributed by atoms with Crippen molar-refractivity contribution in [1.29, 1.82) is 0 Å². The van der Waals surface area contributed by atoms with Gasteiger partial charge in [0.2, 0.25) is 0 Å². The molecular formula is C14H14Cl2N4O2. The lowest BCUT2D eigenvalue weighted by molar-refractivity contribution is 0.0690. The Bertz CT molecular complexity index is 695. The molecule has 2 N–H and O–H groups in total. The second-order valence-corrected chi connectivity index (χ2v) is 5.34. The quantitative estimate of drug-likeness (QED) is 0.785. The second kappa shape index (κ2) is 7.38. The van der Waals surface area contributed by atoms with Crippen molar-refractivity contribution in [3.05, 3.63) is 45.3 Å². The van der Waals surface area contributed by atoms with Gasteiger partial charge in [-0.1, -0.05) is 29.3 Å². The van der Waals surface area contributed by atoms with E-state index in [1.54, 1.807) is 12.1 Å². The van der Waals surface area contributed by atoms with Gasteiger partial charge in [0.1, 0.15) is 5.82 Å². The number of hydrogen-bond acceptors (Lipinski definition) is 5. The molecular weight excluding hydrogens is 327 g/mol. The number of aromatic nitrogens is 3. The summed E-state index contributed by atoms with van der Waals surface area (Å²) in [6, 6.07) is 4.81. The van der Waals surface area contributed by atoms with Crippen molar-refractivity contribution in [2.45, 2.75) is 19.8 Å². The number of carbonyl (C=O) groups is 1. The van der Waals surface area contributed by atoms with Crippen LogP contribution in [0.25, 0.3) is 0 Å². The van der Waals surface area contributed by atoms with Crippen LogP contribution in [0, 0.1) is 6.92 Å². The third kappa shape index (κ3) is 4.05. The molecule has 0 fully saturated rings. The molecule has 0 spiro atoms. The van der Waals surface area contributed by atoms with Gasteiger partial charge in [0.25, 0.3) is 0 Å². The maximum Gasteiger partial charge on any atom is 0.354 e. The fraction of sp³-hybridized carbons (Fsp3) is 0.286. The summed E-state index contributed by atoms with van der Waals surface area (Å²) in [7, 11) is 0. The van der Waals surface area contributed by atoms with E-state index in [4.69, 9.17) is 28.3 Å². The Morgan fingerprint density at radius 3 is 2.73 bits per heavy atom. The Hall–Kier alpha value is -1.92. The summed E-state index contributed by atoms with van der Waals surface area (Å²) in [5.74, 6) is -0.530. The molecule has 2 aromatic rings. The van der Waals surface area contributed by atoms with E-state index in [1.807, 2.05) is 6.92 Å². The summed E-state index contributed by atoms with van der Waals surface area (Å²) < 4.78 is 0. The van der Waals surface area contributed by atoms with Gasteiger partial charge in [-0.3, -0.25) is 0 Å². The molecule has 0 aliphatic heterocycles. The Morgan fingerprint density at radius 1 is 1.27 bits per heavy atom. The van der Waals surface area contributed by atoms with Crippen molar-refractivity contribution in [3.63, 3.8) is 0 Å². The average molecular weight is 341 g/mol. The summed E-state index contributed by atoms with van der Waals surface area (Å²) in [6.07, 6.45) is 1.45. The van der Waals surface area contributed by atoms with Crippen LogP contribution in [-0.4, -0.2) is 32.8 Å². The minimum atomic E-state index is -1.05. The molecule has 0 aliphatic rings. The van der Waals surface area contributed by atoms with E-state index in [1.165, 1.54) is 6.07 Å². The smallest absolute Gasteiger partial charge is 0.354 e. The molecule has 0 saturated carbocycles. The van der Waals surface area contributed by atoms with E-state index in [9.17, 15) is 4.79 Å². The predicted octanol–water partition coefficient (Wildman–Crippen LogP) is 3.23. The molecule has 6 nitrogen and oxygen atoms in total. The van der Waals surface area contributed by atoms with Gasteiger partial charge in [-0.25, -0.2) is 9.78 Å². The highest BCUT2D eigenvalue weighted by Gasteiger charge is 2.10. The molecule has 0 atom stereocenters. The molecule has 2 aromatic heterocycles. The van der Waals surface area contributed by atoms with Gasteiger partial charge < -0.3 is 10.4 Å². The lowest BCUT2D eigenvalue weighted by Gasteiger charge is -2.09. The highest BCUT2D eigenvalue weighted by molar-refractivity contribution is 6.32. The van der Waals surface area contributed by atoms with E-state index in [0.29, 0.717) is 29.1 Å². The molecule has 0 amide bonds. The summed E-state index contributed by atoms with van der Waals surface area (Å²) in [6.45, 7) is 2.47. The topological polar surface area (TPSA) is 88.0 Å². The number of rotatable bonds is 6. The highest BCUT2D eigenvalue weighted by atomic mass is 35.5. The largest absolute Gasteiger partial charge is 0.477 e. The Balaban J connectivity index is 1.91. The molecule has 0 unspecified atom stereocenters. The second-order valence-electron chi connectivity index (χ2n) is 4.63. The molecule has 0 saturated heterocycles. The number of aromatic carboxylic acids is 1.